The van der Waals surface area contributed by atoms with E-state index in [1.165, 1.54) is 23.4 Å². The molecule has 0 radical (unpaired) electrons. The Morgan fingerprint density at radius 3 is 2.59 bits per heavy atom. The third-order valence-corrected chi connectivity index (χ3v) is 6.41. The fourth-order valence-corrected chi connectivity index (χ4v) is 4.67. The monoisotopic (exact) mass is 461 g/mol. The molecule has 1 atom stereocenters. The molecule has 0 aliphatic carbocycles. The van der Waals surface area contributed by atoms with Gasteiger partial charge in [0.15, 0.2) is 5.16 Å². The number of halogens is 1. The number of aromatic nitrogens is 2. The van der Waals surface area contributed by atoms with Gasteiger partial charge in [-0.1, -0.05) is 65.3 Å². The average molecular weight is 462 g/mol. The number of methoxy groups -OCH3 is 1. The molecule has 0 amide bonds. The van der Waals surface area contributed by atoms with Crippen molar-refractivity contribution in [3.05, 3.63) is 93.2 Å². The van der Waals surface area contributed by atoms with Crippen molar-refractivity contribution in [1.82, 2.24) is 9.55 Å². The summed E-state index contributed by atoms with van der Waals surface area (Å²) in [6.45, 7) is 2.03. The number of nitrogens with zero attached hydrogens (tertiary/aromatic N) is 3. The highest BCUT2D eigenvalue weighted by atomic mass is 35.5. The van der Waals surface area contributed by atoms with Crippen LogP contribution in [-0.4, -0.2) is 21.9 Å². The Labute approximate surface area is 195 Å². The zero-order valence-electron chi connectivity index (χ0n) is 17.6. The number of rotatable bonds is 6. The van der Waals surface area contributed by atoms with Crippen LogP contribution in [0.4, 0.5) is 0 Å². The molecular weight excluding hydrogens is 442 g/mol. The summed E-state index contributed by atoms with van der Waals surface area (Å²) in [4.78, 5) is 18.2. The summed E-state index contributed by atoms with van der Waals surface area (Å²) in [5.74, 6) is 0.515. The Morgan fingerprint density at radius 2 is 1.91 bits per heavy atom. The molecule has 4 rings (SSSR count). The van der Waals surface area contributed by atoms with Crippen molar-refractivity contribution in [2.45, 2.75) is 23.8 Å². The van der Waals surface area contributed by atoms with Gasteiger partial charge in [-0.3, -0.25) is 9.36 Å². The van der Waals surface area contributed by atoms with Crippen LogP contribution in [0, 0.1) is 18.3 Å². The van der Waals surface area contributed by atoms with Crippen LogP contribution in [0.3, 0.4) is 0 Å². The first-order valence-electron chi connectivity index (χ1n) is 9.97. The molecular formula is C25H20ClN3O2S. The van der Waals surface area contributed by atoms with Crippen molar-refractivity contribution in [2.75, 3.05) is 7.11 Å². The number of para-hydroxylation sites is 1. The summed E-state index contributed by atoms with van der Waals surface area (Å²) in [7, 11) is 1.54. The van der Waals surface area contributed by atoms with Crippen molar-refractivity contribution in [3.63, 3.8) is 0 Å². The molecule has 1 unspecified atom stereocenters. The second kappa shape index (κ2) is 9.47. The van der Waals surface area contributed by atoms with Crippen LogP contribution < -0.4 is 10.3 Å². The van der Waals surface area contributed by atoms with E-state index in [1.807, 2.05) is 37.3 Å². The van der Waals surface area contributed by atoms with Gasteiger partial charge in [-0.2, -0.15) is 5.26 Å². The van der Waals surface area contributed by atoms with Crippen molar-refractivity contribution in [2.24, 2.45) is 0 Å². The van der Waals surface area contributed by atoms with Crippen LogP contribution in [0.15, 0.2) is 76.7 Å². The van der Waals surface area contributed by atoms with Gasteiger partial charge in [0, 0.05) is 0 Å². The number of ether oxygens (including phenoxy) is 1. The van der Waals surface area contributed by atoms with Crippen LogP contribution in [0.5, 0.6) is 5.75 Å². The van der Waals surface area contributed by atoms with Crippen LogP contribution in [-0.2, 0) is 6.42 Å². The molecule has 4 aromatic rings. The van der Waals surface area contributed by atoms with Gasteiger partial charge < -0.3 is 4.74 Å². The minimum Gasteiger partial charge on any atom is -0.495 e. The molecule has 0 fully saturated rings. The second-order valence-electron chi connectivity index (χ2n) is 7.30. The molecule has 0 spiro atoms. The zero-order chi connectivity index (χ0) is 22.7. The molecule has 0 saturated carbocycles. The Bertz CT molecular complexity index is 1380. The van der Waals surface area contributed by atoms with Gasteiger partial charge in [0.1, 0.15) is 11.0 Å². The Balaban J connectivity index is 1.81. The Kier molecular flexibility index (Phi) is 6.50. The van der Waals surface area contributed by atoms with E-state index in [4.69, 9.17) is 21.3 Å². The maximum atomic E-state index is 13.4. The van der Waals surface area contributed by atoms with Gasteiger partial charge >= 0.3 is 0 Å². The van der Waals surface area contributed by atoms with Crippen molar-refractivity contribution >= 4 is 34.3 Å². The van der Waals surface area contributed by atoms with E-state index in [0.717, 1.165) is 11.1 Å². The highest BCUT2D eigenvalue weighted by Gasteiger charge is 2.19. The first-order valence-corrected chi connectivity index (χ1v) is 11.2. The van der Waals surface area contributed by atoms with Crippen LogP contribution in [0.25, 0.3) is 16.6 Å². The molecule has 0 aliphatic heterocycles. The summed E-state index contributed by atoms with van der Waals surface area (Å²) >= 11 is 7.61. The summed E-state index contributed by atoms with van der Waals surface area (Å²) in [5, 5.41) is 10.7. The number of hydrogen-bond donors (Lipinski definition) is 0. The highest BCUT2D eigenvalue weighted by molar-refractivity contribution is 8.00. The van der Waals surface area contributed by atoms with Crippen LogP contribution in [0.2, 0.25) is 5.02 Å². The predicted octanol–water partition coefficient (Wildman–Crippen LogP) is 5.58. The quantitative estimate of drug-likeness (QED) is 0.277. The molecule has 0 saturated heterocycles. The van der Waals surface area contributed by atoms with Gasteiger partial charge in [0.05, 0.1) is 34.8 Å². The second-order valence-corrected chi connectivity index (χ2v) is 8.87. The largest absolute Gasteiger partial charge is 0.495 e. The topological polar surface area (TPSA) is 67.9 Å². The van der Waals surface area contributed by atoms with Gasteiger partial charge in [-0.15, -0.1) is 0 Å². The average Bonchev–Trinajstić information content (AvgIpc) is 2.80. The summed E-state index contributed by atoms with van der Waals surface area (Å²) in [6.07, 6.45) is 0.535. The lowest BCUT2D eigenvalue weighted by molar-refractivity contribution is 0.415. The summed E-state index contributed by atoms with van der Waals surface area (Å²) in [6, 6.07) is 22.8. The molecule has 0 bridgehead atoms. The van der Waals surface area contributed by atoms with Gasteiger partial charge in [0.25, 0.3) is 5.56 Å². The van der Waals surface area contributed by atoms with Crippen molar-refractivity contribution in [3.8, 4) is 17.5 Å². The minimum absolute atomic E-state index is 0.216. The smallest absolute Gasteiger partial charge is 0.266 e. The van der Waals surface area contributed by atoms with E-state index in [9.17, 15) is 10.1 Å². The maximum Gasteiger partial charge on any atom is 0.266 e. The van der Waals surface area contributed by atoms with Gasteiger partial charge in [-0.25, -0.2) is 4.98 Å². The van der Waals surface area contributed by atoms with E-state index in [2.05, 4.69) is 6.07 Å². The van der Waals surface area contributed by atoms with Gasteiger partial charge in [0.2, 0.25) is 0 Å². The Morgan fingerprint density at radius 1 is 1.16 bits per heavy atom. The number of fused-ring (bicyclic) bond motifs is 1. The molecule has 0 N–H and O–H groups in total. The fraction of sp³-hybridized carbons (Fsp3) is 0.160. The molecule has 0 aliphatic rings. The predicted molar refractivity (Wildman–Crippen MR) is 129 cm³/mol. The maximum absolute atomic E-state index is 13.4. The number of thioether (sulfide) groups is 1. The normalized spacial score (nSPS) is 11.8. The third-order valence-electron chi connectivity index (χ3n) is 5.07. The molecule has 1 aromatic heterocycles. The molecule has 5 nitrogen and oxygen atoms in total. The number of nitriles is 1. The zero-order valence-corrected chi connectivity index (χ0v) is 19.2. The van der Waals surface area contributed by atoms with Gasteiger partial charge in [-0.05, 0) is 49.2 Å². The fourth-order valence-electron chi connectivity index (χ4n) is 3.39. The number of aryl methyl sites for hydroxylation is 1. The third kappa shape index (κ3) is 4.50. The summed E-state index contributed by atoms with van der Waals surface area (Å²) in [5.41, 5.74) is 3.15. The van der Waals surface area contributed by atoms with Crippen LogP contribution >= 0.6 is 23.4 Å². The first-order chi connectivity index (χ1) is 15.5. The van der Waals surface area contributed by atoms with E-state index >= 15 is 0 Å². The standard InChI is InChI=1S/C25H20ClN3O2S/c1-16-7-9-17(10-8-16)13-19(15-27)32-25-28-22-6-4-3-5-20(22)24(30)29(25)18-11-12-23(31-2)21(26)14-18/h3-12,14,19H,13H2,1-2H3. The summed E-state index contributed by atoms with van der Waals surface area (Å²) < 4.78 is 6.75. The molecule has 160 valence electrons. The van der Waals surface area contributed by atoms with E-state index in [1.54, 1.807) is 36.4 Å². The lowest BCUT2D eigenvalue weighted by atomic mass is 10.1. The highest BCUT2D eigenvalue weighted by Crippen LogP contribution is 2.30. The molecule has 1 heterocycles. The van der Waals surface area contributed by atoms with E-state index in [-0.39, 0.29) is 5.56 Å². The number of hydrogen-bond acceptors (Lipinski definition) is 5. The Hall–Kier alpha value is -3.27. The molecule has 3 aromatic carbocycles. The van der Waals surface area contributed by atoms with Crippen molar-refractivity contribution in [1.29, 1.82) is 5.26 Å². The number of benzene rings is 3. The van der Waals surface area contributed by atoms with E-state index < -0.39 is 5.25 Å². The van der Waals surface area contributed by atoms with Crippen LogP contribution in [0.1, 0.15) is 11.1 Å². The first kappa shape index (κ1) is 21.9. The molecule has 7 heteroatoms. The molecule has 32 heavy (non-hydrogen) atoms. The lowest BCUT2D eigenvalue weighted by Gasteiger charge is -2.16. The lowest BCUT2D eigenvalue weighted by Crippen LogP contribution is -2.23. The SMILES string of the molecule is COc1ccc(-n2c(SC(C#N)Cc3ccc(C)cc3)nc3ccccc3c2=O)cc1Cl. The van der Waals surface area contributed by atoms with Crippen molar-refractivity contribution < 1.29 is 4.74 Å². The minimum atomic E-state index is -0.425. The van der Waals surface area contributed by atoms with E-state index in [0.29, 0.717) is 38.9 Å².